The molecule has 0 unspecified atom stereocenters. The predicted molar refractivity (Wildman–Crippen MR) is 92.3 cm³/mol. The Morgan fingerprint density at radius 1 is 1.33 bits per heavy atom. The van der Waals surface area contributed by atoms with Crippen LogP contribution in [0.4, 0.5) is 0 Å². The Balaban J connectivity index is 1.50. The first-order valence-electron chi connectivity index (χ1n) is 7.77. The maximum Gasteiger partial charge on any atom is 0.232 e. The molecule has 2 nitrogen and oxygen atoms in total. The minimum Gasteiger partial charge on any atom is -0.342 e. The highest BCUT2D eigenvalue weighted by atomic mass is 32.2. The van der Waals surface area contributed by atoms with Gasteiger partial charge in [-0.05, 0) is 66.9 Å². The number of benzene rings is 1. The van der Waals surface area contributed by atoms with Crippen LogP contribution in [0, 0.1) is 5.92 Å². The molecule has 21 heavy (non-hydrogen) atoms. The van der Waals surface area contributed by atoms with Crippen LogP contribution in [0.5, 0.6) is 0 Å². The number of carbonyl (C=O) groups is 1. The molecule has 1 amide bonds. The number of rotatable bonds is 5. The molecule has 4 heteroatoms. The van der Waals surface area contributed by atoms with Crippen LogP contribution in [0.3, 0.4) is 0 Å². The number of hydrogen-bond donors (Lipinski definition) is 0. The molecule has 1 heterocycles. The van der Waals surface area contributed by atoms with E-state index in [1.165, 1.54) is 47.5 Å². The van der Waals surface area contributed by atoms with E-state index >= 15 is 0 Å². The van der Waals surface area contributed by atoms with E-state index in [-0.39, 0.29) is 0 Å². The number of hydrogen-bond acceptors (Lipinski definition) is 3. The Morgan fingerprint density at radius 2 is 2.19 bits per heavy atom. The number of thioether (sulfide) groups is 2. The van der Waals surface area contributed by atoms with Crippen molar-refractivity contribution >= 4 is 29.4 Å². The molecule has 1 atom stereocenters. The average Bonchev–Trinajstić information content (AvgIpc) is 3.13. The molecule has 0 N–H and O–H groups in total. The van der Waals surface area contributed by atoms with Crippen LogP contribution in [0.15, 0.2) is 23.1 Å². The highest BCUT2D eigenvalue weighted by molar-refractivity contribution is 8.00. The standard InChI is InChI=1S/C17H23NOS2/c1-20-11-13-7-8-18(10-13)17(19)12-21-16-6-5-14-3-2-4-15(14)9-16/h5-6,9,13H,2-4,7-8,10-12H2,1H3/t13-/m1/s1. The van der Waals surface area contributed by atoms with Crippen LogP contribution in [0.2, 0.25) is 0 Å². The molecule has 1 saturated heterocycles. The largest absolute Gasteiger partial charge is 0.342 e. The van der Waals surface area contributed by atoms with Crippen LogP contribution in [-0.4, -0.2) is 41.7 Å². The summed E-state index contributed by atoms with van der Waals surface area (Å²) in [4.78, 5) is 15.6. The van der Waals surface area contributed by atoms with Gasteiger partial charge in [0.15, 0.2) is 0 Å². The van der Waals surface area contributed by atoms with E-state index in [4.69, 9.17) is 0 Å². The molecule has 1 aromatic carbocycles. The molecule has 1 fully saturated rings. The fourth-order valence-electron chi connectivity index (χ4n) is 3.31. The van der Waals surface area contributed by atoms with E-state index in [1.807, 2.05) is 11.8 Å². The van der Waals surface area contributed by atoms with E-state index in [0.29, 0.717) is 17.6 Å². The molecular weight excluding hydrogens is 298 g/mol. The molecule has 2 aliphatic rings. The fourth-order valence-corrected chi connectivity index (χ4v) is 4.91. The highest BCUT2D eigenvalue weighted by Gasteiger charge is 2.25. The predicted octanol–water partition coefficient (Wildman–Crippen LogP) is 3.48. The second kappa shape index (κ2) is 7.10. The minimum atomic E-state index is 0.309. The first-order valence-corrected chi connectivity index (χ1v) is 10.2. The average molecular weight is 322 g/mol. The summed E-state index contributed by atoms with van der Waals surface area (Å²) in [6.07, 6.45) is 7.04. The number of likely N-dealkylation sites (tertiary alicyclic amines) is 1. The van der Waals surface area contributed by atoms with Crippen molar-refractivity contribution in [2.45, 2.75) is 30.6 Å². The number of fused-ring (bicyclic) bond motifs is 1. The SMILES string of the molecule is CSC[C@@H]1CCN(C(=O)CSc2ccc3c(c2)CCC3)C1. The topological polar surface area (TPSA) is 20.3 Å². The lowest BCUT2D eigenvalue weighted by Crippen LogP contribution is -2.30. The molecule has 0 spiro atoms. The second-order valence-corrected chi connectivity index (χ2v) is 7.98. The zero-order valence-corrected chi connectivity index (χ0v) is 14.3. The van der Waals surface area contributed by atoms with Gasteiger partial charge in [0.05, 0.1) is 5.75 Å². The van der Waals surface area contributed by atoms with Crippen molar-refractivity contribution in [1.29, 1.82) is 0 Å². The monoisotopic (exact) mass is 321 g/mol. The van der Waals surface area contributed by atoms with Crippen LogP contribution in [-0.2, 0) is 17.6 Å². The second-order valence-electron chi connectivity index (χ2n) is 6.02. The number of amides is 1. The number of nitrogens with zero attached hydrogens (tertiary/aromatic N) is 1. The van der Waals surface area contributed by atoms with E-state index in [2.05, 4.69) is 29.4 Å². The Kier molecular flexibility index (Phi) is 5.17. The molecule has 0 aromatic heterocycles. The van der Waals surface area contributed by atoms with E-state index in [0.717, 1.165) is 13.1 Å². The number of aryl methyl sites for hydroxylation is 2. The molecule has 114 valence electrons. The molecule has 1 aliphatic heterocycles. The van der Waals surface area contributed by atoms with E-state index in [1.54, 1.807) is 11.8 Å². The Bertz CT molecular complexity index is 518. The molecule has 3 rings (SSSR count). The third-order valence-electron chi connectivity index (χ3n) is 4.47. The minimum absolute atomic E-state index is 0.309. The maximum absolute atomic E-state index is 12.3. The van der Waals surface area contributed by atoms with Crippen LogP contribution in [0.25, 0.3) is 0 Å². The molecule has 0 radical (unpaired) electrons. The highest BCUT2D eigenvalue weighted by Crippen LogP contribution is 2.28. The van der Waals surface area contributed by atoms with Gasteiger partial charge < -0.3 is 4.90 Å². The molecule has 0 saturated carbocycles. The quantitative estimate of drug-likeness (QED) is 0.775. The normalized spacial score (nSPS) is 20.8. The van der Waals surface area contributed by atoms with Gasteiger partial charge in [-0.25, -0.2) is 0 Å². The van der Waals surface area contributed by atoms with Gasteiger partial charge in [-0.2, -0.15) is 11.8 Å². The smallest absolute Gasteiger partial charge is 0.232 e. The molecule has 1 aromatic rings. The van der Waals surface area contributed by atoms with Gasteiger partial charge in [0, 0.05) is 18.0 Å². The fraction of sp³-hybridized carbons (Fsp3) is 0.588. The van der Waals surface area contributed by atoms with Gasteiger partial charge in [0.2, 0.25) is 5.91 Å². The van der Waals surface area contributed by atoms with E-state index < -0.39 is 0 Å². The third-order valence-corrected chi connectivity index (χ3v) is 6.26. The van der Waals surface area contributed by atoms with Gasteiger partial charge in [-0.1, -0.05) is 6.07 Å². The zero-order valence-electron chi connectivity index (χ0n) is 12.6. The summed E-state index contributed by atoms with van der Waals surface area (Å²) in [5.41, 5.74) is 3.00. The lowest BCUT2D eigenvalue weighted by atomic mass is 10.1. The summed E-state index contributed by atoms with van der Waals surface area (Å²) in [7, 11) is 0. The van der Waals surface area contributed by atoms with Crippen molar-refractivity contribution < 1.29 is 4.79 Å². The van der Waals surface area contributed by atoms with E-state index in [9.17, 15) is 4.79 Å². The molecule has 0 bridgehead atoms. The van der Waals surface area contributed by atoms with Crippen molar-refractivity contribution in [3.63, 3.8) is 0 Å². The Morgan fingerprint density at radius 3 is 3.05 bits per heavy atom. The van der Waals surface area contributed by atoms with Crippen molar-refractivity contribution in [3.8, 4) is 0 Å². The van der Waals surface area contributed by atoms with Gasteiger partial charge in [0.25, 0.3) is 0 Å². The summed E-state index contributed by atoms with van der Waals surface area (Å²) in [6, 6.07) is 6.73. The summed E-state index contributed by atoms with van der Waals surface area (Å²) < 4.78 is 0. The lowest BCUT2D eigenvalue weighted by molar-refractivity contribution is -0.127. The summed E-state index contributed by atoms with van der Waals surface area (Å²) >= 11 is 3.59. The Hall–Kier alpha value is -0.610. The first kappa shape index (κ1) is 15.3. The van der Waals surface area contributed by atoms with Gasteiger partial charge in [0.1, 0.15) is 0 Å². The van der Waals surface area contributed by atoms with Crippen molar-refractivity contribution in [2.75, 3.05) is 30.9 Å². The summed E-state index contributed by atoms with van der Waals surface area (Å²) in [5, 5.41) is 0. The molecule has 1 aliphatic carbocycles. The van der Waals surface area contributed by atoms with Gasteiger partial charge >= 0.3 is 0 Å². The zero-order chi connectivity index (χ0) is 14.7. The lowest BCUT2D eigenvalue weighted by Gasteiger charge is -2.16. The van der Waals surface area contributed by atoms with Gasteiger partial charge in [-0.15, -0.1) is 11.8 Å². The van der Waals surface area contributed by atoms with Gasteiger partial charge in [-0.3, -0.25) is 4.79 Å². The summed E-state index contributed by atoms with van der Waals surface area (Å²) in [6.45, 7) is 1.92. The Labute approximate surface area is 136 Å². The van der Waals surface area contributed by atoms with Crippen molar-refractivity contribution in [1.82, 2.24) is 4.90 Å². The van der Waals surface area contributed by atoms with Crippen molar-refractivity contribution in [2.24, 2.45) is 5.92 Å². The third kappa shape index (κ3) is 3.78. The maximum atomic E-state index is 12.3. The molecular formula is C17H23NOS2. The summed E-state index contributed by atoms with van der Waals surface area (Å²) in [5.74, 6) is 2.78. The van der Waals surface area contributed by atoms with Crippen molar-refractivity contribution in [3.05, 3.63) is 29.3 Å². The van der Waals surface area contributed by atoms with Crippen LogP contribution >= 0.6 is 23.5 Å². The van der Waals surface area contributed by atoms with Crippen LogP contribution < -0.4 is 0 Å². The number of carbonyl (C=O) groups excluding carboxylic acids is 1. The first-order chi connectivity index (χ1) is 10.3. The van der Waals surface area contributed by atoms with Crippen LogP contribution in [0.1, 0.15) is 24.0 Å².